The summed E-state index contributed by atoms with van der Waals surface area (Å²) in [6, 6.07) is 5.77. The fourth-order valence-corrected chi connectivity index (χ4v) is 5.41. The number of aromatic amines is 1. The van der Waals surface area contributed by atoms with Crippen molar-refractivity contribution in [3.8, 4) is 11.5 Å². The number of hydrogen-bond acceptors (Lipinski definition) is 6. The van der Waals surface area contributed by atoms with Gasteiger partial charge in [0.25, 0.3) is 0 Å². The number of nitrogens with zero attached hydrogens (tertiary/aromatic N) is 1. The minimum absolute atomic E-state index is 0.141. The quantitative estimate of drug-likeness (QED) is 0.222. The van der Waals surface area contributed by atoms with Crippen LogP contribution in [0.4, 0.5) is 4.39 Å². The van der Waals surface area contributed by atoms with Gasteiger partial charge in [0.1, 0.15) is 18.1 Å². The molecule has 202 valence electrons. The molecular weight excluding hydrogens is 491 g/mol. The van der Waals surface area contributed by atoms with Gasteiger partial charge in [-0.1, -0.05) is 19.6 Å². The maximum Gasteiger partial charge on any atom is 0.341 e. The second kappa shape index (κ2) is 10.9. The normalized spacial score (nSPS) is 17.6. The number of aromatic nitrogens is 1. The molecule has 4 rings (SSSR count). The molecule has 1 aliphatic heterocycles. The van der Waals surface area contributed by atoms with E-state index >= 15 is 0 Å². The van der Waals surface area contributed by atoms with Crippen LogP contribution in [0.25, 0.3) is 5.57 Å². The number of ether oxygens (including phenoxy) is 4. The van der Waals surface area contributed by atoms with Crippen LogP contribution in [0, 0.1) is 18.7 Å². The summed E-state index contributed by atoms with van der Waals surface area (Å²) in [5, 5.41) is 0. The molecule has 1 saturated carbocycles. The molecule has 1 atom stereocenters. The van der Waals surface area contributed by atoms with Crippen molar-refractivity contribution in [2.24, 2.45) is 5.92 Å². The van der Waals surface area contributed by atoms with E-state index in [4.69, 9.17) is 18.9 Å². The lowest BCUT2D eigenvalue weighted by atomic mass is 9.89. The van der Waals surface area contributed by atoms with Gasteiger partial charge in [-0.15, -0.1) is 0 Å². The Labute approximate surface area is 219 Å². The number of carbonyl (C=O) groups excluding carboxylic acids is 1. The van der Waals surface area contributed by atoms with E-state index in [1.807, 2.05) is 24.8 Å². The van der Waals surface area contributed by atoms with E-state index < -0.39 is 19.9 Å². The van der Waals surface area contributed by atoms with Crippen molar-refractivity contribution in [3.63, 3.8) is 0 Å². The molecule has 0 bridgehead atoms. The van der Waals surface area contributed by atoms with Crippen molar-refractivity contribution >= 4 is 19.6 Å². The van der Waals surface area contributed by atoms with Crippen molar-refractivity contribution in [1.29, 1.82) is 0 Å². The Morgan fingerprint density at radius 2 is 1.84 bits per heavy atom. The largest absolute Gasteiger partial charge is 0.494 e. The first kappa shape index (κ1) is 27.3. The number of methoxy groups -OCH3 is 2. The molecule has 1 aromatic heterocycles. The summed E-state index contributed by atoms with van der Waals surface area (Å²) >= 11 is 0. The highest BCUT2D eigenvalue weighted by atomic mass is 28.3. The Morgan fingerprint density at radius 1 is 1.11 bits per heavy atom. The topological polar surface area (TPSA) is 73.0 Å². The molecule has 0 amide bonds. The van der Waals surface area contributed by atoms with E-state index in [0.717, 1.165) is 41.4 Å². The summed E-state index contributed by atoms with van der Waals surface area (Å²) in [4.78, 5) is 18.3. The average molecular weight is 531 g/mol. The van der Waals surface area contributed by atoms with Gasteiger partial charge >= 0.3 is 5.97 Å². The van der Waals surface area contributed by atoms with E-state index in [2.05, 4.69) is 24.6 Å². The number of esters is 1. The van der Waals surface area contributed by atoms with Crippen molar-refractivity contribution in [3.05, 3.63) is 52.2 Å². The molecular formula is C28H39FN2O5Si. The van der Waals surface area contributed by atoms with E-state index in [0.29, 0.717) is 36.1 Å². The van der Waals surface area contributed by atoms with Gasteiger partial charge < -0.3 is 28.8 Å². The SMILES string of the molecule is COC(=O)C1=C(C)N(COCC[Si](C)(C)C)C(c2cc(OC)c(F)cc2OCC2CC2)c2cc(C)[nH]c21. The Hall–Kier alpha value is -2.78. The van der Waals surface area contributed by atoms with Gasteiger partial charge in [0, 0.05) is 43.3 Å². The number of benzene rings is 1. The molecule has 9 heteroatoms. The van der Waals surface area contributed by atoms with Crippen molar-refractivity contribution in [2.75, 3.05) is 34.2 Å². The van der Waals surface area contributed by atoms with E-state index in [1.54, 1.807) is 6.07 Å². The first-order chi connectivity index (χ1) is 17.5. The number of fused-ring (bicyclic) bond motifs is 1. The summed E-state index contributed by atoms with van der Waals surface area (Å²) in [7, 11) is 1.55. The Balaban J connectivity index is 1.82. The zero-order chi connectivity index (χ0) is 26.9. The van der Waals surface area contributed by atoms with Crippen LogP contribution in [0.15, 0.2) is 23.9 Å². The highest BCUT2D eigenvalue weighted by Crippen LogP contribution is 2.47. The second-order valence-electron chi connectivity index (χ2n) is 11.2. The van der Waals surface area contributed by atoms with Crippen molar-refractivity contribution in [1.82, 2.24) is 9.88 Å². The summed E-state index contributed by atoms with van der Waals surface area (Å²) < 4.78 is 37.8. The van der Waals surface area contributed by atoms with E-state index in [1.165, 1.54) is 20.3 Å². The third-order valence-electron chi connectivity index (χ3n) is 7.00. The summed E-state index contributed by atoms with van der Waals surface area (Å²) in [6.45, 7) is 12.2. The average Bonchev–Trinajstić information content (AvgIpc) is 3.59. The third-order valence-corrected chi connectivity index (χ3v) is 8.70. The van der Waals surface area contributed by atoms with Gasteiger partial charge in [0.05, 0.1) is 32.6 Å². The van der Waals surface area contributed by atoms with Crippen molar-refractivity contribution < 1.29 is 28.1 Å². The lowest BCUT2D eigenvalue weighted by molar-refractivity contribution is -0.133. The smallest absolute Gasteiger partial charge is 0.341 e. The monoisotopic (exact) mass is 530 g/mol. The molecule has 1 N–H and O–H groups in total. The molecule has 0 saturated heterocycles. The summed E-state index contributed by atoms with van der Waals surface area (Å²) in [5.41, 5.74) is 4.42. The Bertz CT molecular complexity index is 1180. The number of carbonyl (C=O) groups is 1. The summed E-state index contributed by atoms with van der Waals surface area (Å²) in [5.74, 6) is 0.221. The zero-order valence-corrected chi connectivity index (χ0v) is 24.0. The molecule has 1 unspecified atom stereocenters. The van der Waals surface area contributed by atoms with Crippen LogP contribution in [0.1, 0.15) is 48.3 Å². The molecule has 37 heavy (non-hydrogen) atoms. The van der Waals surface area contributed by atoms with Crippen LogP contribution in [0.3, 0.4) is 0 Å². The molecule has 1 aliphatic carbocycles. The summed E-state index contributed by atoms with van der Waals surface area (Å²) in [6.07, 6.45) is 2.25. The highest BCUT2D eigenvalue weighted by Gasteiger charge is 2.39. The minimum Gasteiger partial charge on any atom is -0.494 e. The van der Waals surface area contributed by atoms with Crippen LogP contribution in [0.2, 0.25) is 25.7 Å². The number of aryl methyl sites for hydroxylation is 1. The van der Waals surface area contributed by atoms with Gasteiger partial charge in [-0.2, -0.15) is 0 Å². The number of hydrogen-bond donors (Lipinski definition) is 1. The van der Waals surface area contributed by atoms with Crippen LogP contribution in [-0.4, -0.2) is 58.1 Å². The number of rotatable bonds is 11. The Kier molecular flexibility index (Phi) is 8.04. The Morgan fingerprint density at radius 3 is 2.46 bits per heavy atom. The fraction of sp³-hybridized carbons (Fsp3) is 0.536. The number of H-pyrrole nitrogens is 1. The van der Waals surface area contributed by atoms with Gasteiger partial charge in [0.15, 0.2) is 11.6 Å². The number of halogens is 1. The standard InChI is InChI=1S/C28H39FN2O5Si/c1-17-12-21-26(30-17)25(28(32)34-4)18(2)31(16-35-10-11-37(5,6)7)27(21)20-13-24(33-3)22(29)14-23(20)36-15-19-8-9-19/h12-14,19,27,30H,8-11,15-16H2,1-7H3. The molecule has 1 aromatic carbocycles. The fourth-order valence-electron chi connectivity index (χ4n) is 4.66. The molecule has 0 radical (unpaired) electrons. The van der Waals surface area contributed by atoms with Crippen LogP contribution < -0.4 is 9.47 Å². The molecule has 2 aromatic rings. The third kappa shape index (κ3) is 6.04. The molecule has 7 nitrogen and oxygen atoms in total. The van der Waals surface area contributed by atoms with Crippen LogP contribution in [-0.2, 0) is 14.3 Å². The van der Waals surface area contributed by atoms with Crippen LogP contribution >= 0.6 is 0 Å². The highest BCUT2D eigenvalue weighted by molar-refractivity contribution is 6.76. The van der Waals surface area contributed by atoms with Gasteiger partial charge in [-0.25, -0.2) is 9.18 Å². The first-order valence-corrected chi connectivity index (χ1v) is 16.6. The van der Waals surface area contributed by atoms with E-state index in [-0.39, 0.29) is 18.5 Å². The maximum atomic E-state index is 14.9. The number of allylic oxidation sites excluding steroid dienone is 1. The van der Waals surface area contributed by atoms with Crippen LogP contribution in [0.5, 0.6) is 11.5 Å². The lowest BCUT2D eigenvalue weighted by Crippen LogP contribution is -2.36. The molecule has 2 aliphatic rings. The molecule has 0 spiro atoms. The first-order valence-electron chi connectivity index (χ1n) is 12.9. The minimum atomic E-state index is -1.29. The lowest BCUT2D eigenvalue weighted by Gasteiger charge is -2.39. The van der Waals surface area contributed by atoms with E-state index in [9.17, 15) is 9.18 Å². The van der Waals surface area contributed by atoms with Gasteiger partial charge in [0.2, 0.25) is 0 Å². The zero-order valence-electron chi connectivity index (χ0n) is 23.0. The predicted molar refractivity (Wildman–Crippen MR) is 144 cm³/mol. The second-order valence-corrected chi connectivity index (χ2v) is 16.9. The number of nitrogens with one attached hydrogen (secondary N) is 1. The molecule has 2 heterocycles. The van der Waals surface area contributed by atoms with Gasteiger partial charge in [-0.05, 0) is 50.8 Å². The van der Waals surface area contributed by atoms with Gasteiger partial charge in [-0.3, -0.25) is 0 Å². The predicted octanol–water partition coefficient (Wildman–Crippen LogP) is 5.88. The maximum absolute atomic E-state index is 14.9. The molecule has 1 fully saturated rings. The van der Waals surface area contributed by atoms with Crippen molar-refractivity contribution in [2.45, 2.75) is 58.4 Å².